The van der Waals surface area contributed by atoms with Crippen molar-refractivity contribution in [3.05, 3.63) is 0 Å². The van der Waals surface area contributed by atoms with Gasteiger partial charge >= 0.3 is 11.2 Å². The number of hydrogen-bond acceptors (Lipinski definition) is 6. The second-order valence-corrected chi connectivity index (χ2v) is 9.26. The molecule has 2 unspecified atom stereocenters. The fraction of sp³-hybridized carbons (Fsp3) is 0.933. The molecule has 0 heterocycles. The lowest BCUT2D eigenvalue weighted by atomic mass is 9.40. The normalized spacial score (nSPS) is 42.0. The van der Waals surface area contributed by atoms with E-state index in [1.165, 1.54) is 12.8 Å². The first-order valence-electron chi connectivity index (χ1n) is 7.79. The molecular formula is C15H21F2O5S-. The van der Waals surface area contributed by atoms with Crippen LogP contribution in [0.3, 0.4) is 0 Å². The zero-order valence-corrected chi connectivity index (χ0v) is 14.0. The summed E-state index contributed by atoms with van der Waals surface area (Å²) in [5, 5.41) is 8.53. The first kappa shape index (κ1) is 17.4. The Kier molecular flexibility index (Phi) is 4.19. The van der Waals surface area contributed by atoms with Gasteiger partial charge in [-0.3, -0.25) is 5.04 Å². The van der Waals surface area contributed by atoms with E-state index in [0.717, 1.165) is 25.7 Å². The summed E-state index contributed by atoms with van der Waals surface area (Å²) in [5.74, 6) is -1.10. The molecule has 0 aromatic carbocycles. The molecule has 4 saturated carbocycles. The molecule has 23 heavy (non-hydrogen) atoms. The number of hydrogen-bond donors (Lipinski definition) is 0. The third kappa shape index (κ3) is 3.36. The number of carbonyl (C=O) groups excluding carboxylic acids is 1. The lowest BCUT2D eigenvalue weighted by Crippen LogP contribution is -2.56. The molecule has 0 aromatic rings. The maximum absolute atomic E-state index is 13.5. The molecule has 132 valence electrons. The Labute approximate surface area is 138 Å². The van der Waals surface area contributed by atoms with Crippen molar-refractivity contribution in [1.82, 2.24) is 0 Å². The minimum atomic E-state index is -3.96. The molecule has 4 bridgehead atoms. The van der Waals surface area contributed by atoms with Gasteiger partial charge in [0.1, 0.15) is 12.0 Å². The molecule has 5 nitrogen and oxygen atoms in total. The number of carbonyl (C=O) groups is 1. The van der Waals surface area contributed by atoms with Crippen molar-refractivity contribution in [3.63, 3.8) is 0 Å². The average Bonchev–Trinajstić information content (AvgIpc) is 2.38. The van der Waals surface area contributed by atoms with E-state index in [-0.39, 0.29) is 22.9 Å². The minimum Gasteiger partial charge on any atom is -0.691 e. The van der Waals surface area contributed by atoms with Crippen molar-refractivity contribution in [2.24, 2.45) is 22.2 Å². The molecular weight excluding hydrogens is 330 g/mol. The van der Waals surface area contributed by atoms with Crippen molar-refractivity contribution in [3.8, 4) is 0 Å². The van der Waals surface area contributed by atoms with Gasteiger partial charge in [-0.2, -0.15) is 13.1 Å². The predicted molar refractivity (Wildman–Crippen MR) is 75.5 cm³/mol. The maximum Gasteiger partial charge on any atom is 0.415 e. The standard InChI is InChI=1S/C15H22F2O5S/c1-12-3-10-4-13(2,6-12)8-14(5-10,7-12)9-20-11(18)15(16,17)23-22-21-19/h10,19H,3-9H2,1-2H3/p-1. The van der Waals surface area contributed by atoms with E-state index in [9.17, 15) is 18.8 Å². The van der Waals surface area contributed by atoms with Gasteiger partial charge in [0.05, 0.1) is 6.61 Å². The summed E-state index contributed by atoms with van der Waals surface area (Å²) >= 11 is -0.640. The number of esters is 1. The molecule has 0 radical (unpaired) electrons. The number of rotatable bonds is 6. The predicted octanol–water partition coefficient (Wildman–Crippen LogP) is 2.99. The summed E-state index contributed by atoms with van der Waals surface area (Å²) in [6, 6.07) is 0. The van der Waals surface area contributed by atoms with Crippen LogP contribution >= 0.6 is 12.0 Å². The Bertz CT molecular complexity index is 482. The summed E-state index contributed by atoms with van der Waals surface area (Å²) in [6.07, 6.45) is 6.28. The lowest BCUT2D eigenvalue weighted by molar-refractivity contribution is -0.777. The van der Waals surface area contributed by atoms with Gasteiger partial charge in [-0.15, -0.1) is 0 Å². The zero-order valence-electron chi connectivity index (χ0n) is 13.2. The van der Waals surface area contributed by atoms with E-state index < -0.39 is 23.3 Å². The van der Waals surface area contributed by atoms with Crippen molar-refractivity contribution in [1.29, 1.82) is 0 Å². The molecule has 4 aliphatic carbocycles. The summed E-state index contributed by atoms with van der Waals surface area (Å²) in [6.45, 7) is 4.52. The largest absolute Gasteiger partial charge is 0.691 e. The Morgan fingerprint density at radius 3 is 2.35 bits per heavy atom. The lowest BCUT2D eigenvalue weighted by Gasteiger charge is -2.65. The molecule has 2 atom stereocenters. The van der Waals surface area contributed by atoms with Crippen LogP contribution in [0, 0.1) is 22.2 Å². The van der Waals surface area contributed by atoms with Gasteiger partial charge in [0.15, 0.2) is 0 Å². The van der Waals surface area contributed by atoms with Crippen molar-refractivity contribution < 1.29 is 32.9 Å². The second-order valence-electron chi connectivity index (χ2n) is 8.44. The van der Waals surface area contributed by atoms with Crippen molar-refractivity contribution >= 4 is 18.0 Å². The van der Waals surface area contributed by atoms with E-state index in [4.69, 9.17) is 4.74 Å². The molecule has 0 aromatic heterocycles. The highest BCUT2D eigenvalue weighted by molar-refractivity contribution is 7.96. The summed E-state index contributed by atoms with van der Waals surface area (Å²) in [4.78, 5) is 11.6. The molecule has 0 N–H and O–H groups in total. The highest BCUT2D eigenvalue weighted by Crippen LogP contribution is 2.69. The number of alkyl halides is 2. The molecule has 0 spiro atoms. The summed E-state index contributed by atoms with van der Waals surface area (Å²) in [5.41, 5.74) is 0.240. The Morgan fingerprint density at radius 2 is 1.83 bits per heavy atom. The highest BCUT2D eigenvalue weighted by Gasteiger charge is 2.60. The van der Waals surface area contributed by atoms with Crippen LogP contribution in [0.5, 0.6) is 0 Å². The Hall–Kier alpha value is -0.440. The second kappa shape index (κ2) is 5.54. The zero-order chi connectivity index (χ0) is 16.9. The molecule has 4 rings (SSSR count). The smallest absolute Gasteiger partial charge is 0.415 e. The van der Waals surface area contributed by atoms with Crippen LogP contribution in [-0.2, 0) is 18.9 Å². The molecule has 4 fully saturated rings. The third-order valence-electron chi connectivity index (χ3n) is 5.66. The first-order chi connectivity index (χ1) is 10.6. The highest BCUT2D eigenvalue weighted by atomic mass is 32.2. The van der Waals surface area contributed by atoms with E-state index in [1.54, 1.807) is 0 Å². The van der Waals surface area contributed by atoms with Crippen LogP contribution in [0.25, 0.3) is 0 Å². The Morgan fingerprint density at radius 1 is 1.22 bits per heavy atom. The monoisotopic (exact) mass is 351 g/mol. The van der Waals surface area contributed by atoms with E-state index in [1.807, 2.05) is 0 Å². The maximum atomic E-state index is 13.5. The molecule has 8 heteroatoms. The molecule has 0 saturated heterocycles. The van der Waals surface area contributed by atoms with Crippen molar-refractivity contribution in [2.75, 3.05) is 6.61 Å². The number of halogens is 2. The topological polar surface area (TPSA) is 67.8 Å². The fourth-order valence-corrected chi connectivity index (χ4v) is 6.48. The van der Waals surface area contributed by atoms with E-state index in [0.29, 0.717) is 5.92 Å². The van der Waals surface area contributed by atoms with Crippen LogP contribution in [0.4, 0.5) is 8.78 Å². The van der Waals surface area contributed by atoms with E-state index in [2.05, 4.69) is 23.2 Å². The van der Waals surface area contributed by atoms with Gasteiger partial charge in [0.25, 0.3) is 0 Å². The molecule has 0 amide bonds. The Balaban J connectivity index is 1.65. The SMILES string of the molecule is CC12CC3CC(C)(C1)CC(COC(=O)C(F)(F)SOO[O-])(C3)C2. The minimum absolute atomic E-state index is 0.00188. The molecule has 0 aliphatic heterocycles. The number of ether oxygens (including phenoxy) is 1. The average molecular weight is 351 g/mol. The van der Waals surface area contributed by atoms with Gasteiger partial charge in [0.2, 0.25) is 0 Å². The van der Waals surface area contributed by atoms with Gasteiger partial charge in [0, 0.05) is 5.41 Å². The molecule has 4 aliphatic rings. The quantitative estimate of drug-likeness (QED) is 0.317. The van der Waals surface area contributed by atoms with Crippen LogP contribution < -0.4 is 5.26 Å². The third-order valence-corrected chi connectivity index (χ3v) is 6.15. The van der Waals surface area contributed by atoms with Gasteiger partial charge in [-0.1, -0.05) is 13.8 Å². The van der Waals surface area contributed by atoms with Gasteiger partial charge in [-0.25, -0.2) is 4.79 Å². The summed E-state index contributed by atoms with van der Waals surface area (Å²) in [7, 11) is 0. The fourth-order valence-electron chi connectivity index (χ4n) is 6.24. The van der Waals surface area contributed by atoms with Crippen molar-refractivity contribution in [2.45, 2.75) is 57.6 Å². The van der Waals surface area contributed by atoms with Gasteiger partial charge < -0.3 is 9.99 Å². The van der Waals surface area contributed by atoms with Crippen LogP contribution in [0.2, 0.25) is 0 Å². The van der Waals surface area contributed by atoms with E-state index >= 15 is 0 Å². The van der Waals surface area contributed by atoms with Crippen LogP contribution in [0.1, 0.15) is 52.4 Å². The van der Waals surface area contributed by atoms with Gasteiger partial charge in [-0.05, 0) is 55.3 Å². The summed E-state index contributed by atoms with van der Waals surface area (Å²) < 4.78 is 35.4. The van der Waals surface area contributed by atoms with Crippen LogP contribution in [-0.4, -0.2) is 17.8 Å². The first-order valence-corrected chi connectivity index (χ1v) is 8.53. The van der Waals surface area contributed by atoms with Crippen LogP contribution in [0.15, 0.2) is 0 Å².